The van der Waals surface area contributed by atoms with Gasteiger partial charge in [0.15, 0.2) is 0 Å². The van der Waals surface area contributed by atoms with Crippen LogP contribution in [-0.4, -0.2) is 105 Å². The molecule has 3 saturated carbocycles. The number of amides is 1. The Morgan fingerprint density at radius 3 is 2.42 bits per heavy atom. The van der Waals surface area contributed by atoms with Crippen LogP contribution in [0.2, 0.25) is 0 Å². The van der Waals surface area contributed by atoms with Crippen LogP contribution in [0.3, 0.4) is 0 Å². The molecule has 1 amide bonds. The van der Waals surface area contributed by atoms with Gasteiger partial charge in [0.25, 0.3) is 0 Å². The van der Waals surface area contributed by atoms with E-state index >= 15 is 0 Å². The maximum atomic E-state index is 14.3. The minimum Gasteiger partial charge on any atom is -0.496 e. The van der Waals surface area contributed by atoms with Gasteiger partial charge in [-0.2, -0.15) is 5.06 Å². The molecule has 0 spiro atoms. The Kier molecular flexibility index (Phi) is 12.9. The average molecular weight is 736 g/mol. The Morgan fingerprint density at radius 2 is 1.85 bits per heavy atom. The standard InChI is InChI=1S/C43H69N5O5/c1-26-35-19-31(43(35,6)7)20-36(26)45-41(51)39-38(27(2)50)37(25-49)53-48(39)23-29-14-13-15-34(40(29)52-12)30-16-28(17-33(18-30)47(10)11)22-44-32(24-46(8)9)21-42(3,4)5/h13-18,26-27,31-32,35-39,44,49-50H,19-25H2,1-12H3,(H,45,51)/t26-,27-,31+,32-,35-,36-,37-,38-,39-/m0/s1. The normalized spacial score (nSPS) is 28.0. The van der Waals surface area contributed by atoms with Crippen molar-refractivity contribution < 1.29 is 24.6 Å². The van der Waals surface area contributed by atoms with Gasteiger partial charge in [-0.05, 0) is 98.2 Å². The Morgan fingerprint density at radius 1 is 1.13 bits per heavy atom. The van der Waals surface area contributed by atoms with Crippen LogP contribution in [0.1, 0.15) is 78.9 Å². The highest BCUT2D eigenvalue weighted by molar-refractivity contribution is 5.83. The van der Waals surface area contributed by atoms with Crippen molar-refractivity contribution in [1.82, 2.24) is 20.6 Å². The van der Waals surface area contributed by atoms with Crippen molar-refractivity contribution in [2.45, 2.75) is 111 Å². The maximum Gasteiger partial charge on any atom is 0.240 e. The molecule has 0 radical (unpaired) electrons. The molecule has 4 fully saturated rings. The molecule has 1 aliphatic heterocycles. The van der Waals surface area contributed by atoms with Crippen LogP contribution in [0.5, 0.6) is 5.75 Å². The van der Waals surface area contributed by atoms with Gasteiger partial charge in [0.05, 0.1) is 26.4 Å². The number of benzene rings is 2. The summed E-state index contributed by atoms with van der Waals surface area (Å²) < 4.78 is 6.16. The highest BCUT2D eigenvalue weighted by Gasteiger charge is 2.57. The fourth-order valence-corrected chi connectivity index (χ4v) is 9.66. The maximum absolute atomic E-state index is 14.3. The molecule has 2 aromatic rings. The van der Waals surface area contributed by atoms with Gasteiger partial charge in [0, 0.05) is 62.0 Å². The van der Waals surface area contributed by atoms with Gasteiger partial charge >= 0.3 is 0 Å². The summed E-state index contributed by atoms with van der Waals surface area (Å²) in [6, 6.07) is 12.4. The number of aliphatic hydroxyl groups excluding tert-OH is 2. The number of hydroxylamine groups is 2. The highest BCUT2D eigenvalue weighted by Crippen LogP contribution is 2.61. The van der Waals surface area contributed by atoms with E-state index < -0.39 is 24.2 Å². The number of rotatable bonds is 15. The molecule has 296 valence electrons. The second-order valence-electron chi connectivity index (χ2n) is 18.6. The third kappa shape index (κ3) is 9.22. The first-order valence-electron chi connectivity index (χ1n) is 19.7. The van der Waals surface area contributed by atoms with Crippen molar-refractivity contribution in [3.63, 3.8) is 0 Å². The molecular weight excluding hydrogens is 667 g/mol. The van der Waals surface area contributed by atoms with Crippen LogP contribution in [-0.2, 0) is 22.7 Å². The number of aliphatic hydroxyl groups is 2. The van der Waals surface area contributed by atoms with Gasteiger partial charge in [-0.15, -0.1) is 0 Å². The first-order valence-corrected chi connectivity index (χ1v) is 19.7. The topological polar surface area (TPSA) is 110 Å². The molecule has 10 nitrogen and oxygen atoms in total. The van der Waals surface area contributed by atoms with Crippen molar-refractivity contribution >= 4 is 11.6 Å². The summed E-state index contributed by atoms with van der Waals surface area (Å²) in [6.45, 7) is 17.1. The number of ether oxygens (including phenoxy) is 1. The molecule has 1 saturated heterocycles. The molecule has 1 heterocycles. The summed E-state index contributed by atoms with van der Waals surface area (Å²) in [6.07, 6.45) is 1.67. The second kappa shape index (κ2) is 16.6. The van der Waals surface area contributed by atoms with E-state index in [1.165, 1.54) is 12.0 Å². The first kappa shape index (κ1) is 41.4. The number of carbonyl (C=O) groups is 1. The predicted molar refractivity (Wildman–Crippen MR) is 214 cm³/mol. The molecule has 0 unspecified atom stereocenters. The van der Waals surface area contributed by atoms with Gasteiger partial charge in [0.1, 0.15) is 17.9 Å². The zero-order valence-corrected chi connectivity index (χ0v) is 34.6. The fraction of sp³-hybridized carbons (Fsp3) is 0.698. The minimum atomic E-state index is -0.862. The van der Waals surface area contributed by atoms with Crippen molar-refractivity contribution in [2.75, 3.05) is 53.4 Å². The average Bonchev–Trinajstić information content (AvgIpc) is 3.45. The van der Waals surface area contributed by atoms with Gasteiger partial charge < -0.3 is 35.4 Å². The SMILES string of the molecule is COc1c(CN2O[C@@H](CO)[C@H]([C@H](C)O)[C@H]2C(=O)N[C@H]2C[C@H]3C[C@@H]([C@@H]2C)C3(C)C)cccc1-c1cc(CN[C@H](CN(C)C)CC(C)(C)C)cc(N(C)C)c1. The Bertz CT molecular complexity index is 1550. The number of nitrogens with one attached hydrogen (secondary N) is 2. The Hall–Kier alpha value is -2.73. The van der Waals surface area contributed by atoms with Crippen LogP contribution in [0, 0.1) is 34.5 Å². The summed E-state index contributed by atoms with van der Waals surface area (Å²) in [5.41, 5.74) is 5.61. The van der Waals surface area contributed by atoms with Gasteiger partial charge in [0.2, 0.25) is 5.91 Å². The molecule has 53 heavy (non-hydrogen) atoms. The lowest BCUT2D eigenvalue weighted by atomic mass is 9.45. The zero-order valence-electron chi connectivity index (χ0n) is 34.6. The van der Waals surface area contributed by atoms with Crippen LogP contribution in [0.15, 0.2) is 36.4 Å². The second-order valence-corrected chi connectivity index (χ2v) is 18.6. The molecule has 4 N–H and O–H groups in total. The molecule has 4 aliphatic rings. The summed E-state index contributed by atoms with van der Waals surface area (Å²) in [7, 11) is 10.0. The third-order valence-electron chi connectivity index (χ3n) is 12.5. The highest BCUT2D eigenvalue weighted by atomic mass is 16.7. The van der Waals surface area contributed by atoms with E-state index in [9.17, 15) is 15.0 Å². The summed E-state index contributed by atoms with van der Waals surface area (Å²) in [4.78, 5) is 25.0. The molecule has 2 aromatic carbocycles. The van der Waals surface area contributed by atoms with Crippen molar-refractivity contribution in [1.29, 1.82) is 0 Å². The number of hydrogen-bond acceptors (Lipinski definition) is 9. The summed E-state index contributed by atoms with van der Waals surface area (Å²) >= 11 is 0. The Balaban J connectivity index is 1.43. The lowest BCUT2D eigenvalue weighted by Crippen LogP contribution is -2.62. The van der Waals surface area contributed by atoms with Crippen LogP contribution >= 0.6 is 0 Å². The van der Waals surface area contributed by atoms with Crippen LogP contribution < -0.4 is 20.3 Å². The molecular formula is C43H69N5O5. The molecule has 10 heteroatoms. The van der Waals surface area contributed by atoms with E-state index in [0.717, 1.165) is 48.3 Å². The zero-order chi connectivity index (χ0) is 39.0. The molecule has 9 atom stereocenters. The smallest absolute Gasteiger partial charge is 0.240 e. The van der Waals surface area contributed by atoms with E-state index in [-0.39, 0.29) is 30.5 Å². The van der Waals surface area contributed by atoms with Crippen LogP contribution in [0.4, 0.5) is 5.69 Å². The number of carbonyl (C=O) groups excluding carboxylic acids is 1. The number of nitrogens with zero attached hydrogens (tertiary/aromatic N) is 3. The van der Waals surface area contributed by atoms with E-state index in [1.807, 2.05) is 12.1 Å². The molecule has 3 aliphatic carbocycles. The van der Waals surface area contributed by atoms with Crippen molar-refractivity contribution in [2.24, 2.45) is 34.5 Å². The lowest BCUT2D eigenvalue weighted by Gasteiger charge is -2.62. The number of methoxy groups -OCH3 is 1. The Labute approximate surface area is 319 Å². The largest absolute Gasteiger partial charge is 0.496 e. The van der Waals surface area contributed by atoms with Gasteiger partial charge in [-0.25, -0.2) is 0 Å². The third-order valence-corrected chi connectivity index (χ3v) is 12.5. The number of fused-ring (bicyclic) bond motifs is 2. The summed E-state index contributed by atoms with van der Waals surface area (Å²) in [5.74, 6) is 1.48. The van der Waals surface area contributed by atoms with Gasteiger partial charge in [-0.1, -0.05) is 59.7 Å². The monoisotopic (exact) mass is 736 g/mol. The van der Waals surface area contributed by atoms with E-state index in [0.29, 0.717) is 35.0 Å². The number of hydrogen-bond donors (Lipinski definition) is 4. The molecule has 2 bridgehead atoms. The predicted octanol–water partition coefficient (Wildman–Crippen LogP) is 5.54. The first-order chi connectivity index (χ1) is 24.8. The molecule has 6 rings (SSSR count). The number of anilines is 1. The van der Waals surface area contributed by atoms with E-state index in [2.05, 4.69) is 114 Å². The number of likely N-dealkylation sites (N-methyl/N-ethyl adjacent to an activating group) is 1. The lowest BCUT2D eigenvalue weighted by molar-refractivity contribution is -0.183. The van der Waals surface area contributed by atoms with E-state index in [4.69, 9.17) is 9.57 Å². The van der Waals surface area contributed by atoms with Crippen LogP contribution in [0.25, 0.3) is 11.1 Å². The fourth-order valence-electron chi connectivity index (χ4n) is 9.66. The van der Waals surface area contributed by atoms with Gasteiger partial charge in [-0.3, -0.25) is 9.63 Å². The molecule has 0 aromatic heterocycles. The van der Waals surface area contributed by atoms with Crippen molar-refractivity contribution in [3.05, 3.63) is 47.5 Å². The minimum absolute atomic E-state index is 0.0705. The summed E-state index contributed by atoms with van der Waals surface area (Å²) in [5, 5.41) is 30.2. The van der Waals surface area contributed by atoms with E-state index in [1.54, 1.807) is 19.1 Å². The van der Waals surface area contributed by atoms with Crippen molar-refractivity contribution in [3.8, 4) is 16.9 Å². The quantitative estimate of drug-likeness (QED) is 0.188. The number of para-hydroxylation sites is 1.